The number of ether oxygens (including phenoxy) is 1. The standard InChI is InChI=1S/C28H26N2O3/c1-18-13-22(21-8-5-7-20(15-21)17-29)16-23(14-18)33-27-12-6-11-26(30-27)25-10-4-3-9-24(25)19(2)28(31)32/h3-16,19H,17,29H2,1-2H3,(H,31,32). The second-order valence-electron chi connectivity index (χ2n) is 8.05. The third-order valence-corrected chi connectivity index (χ3v) is 5.57. The summed E-state index contributed by atoms with van der Waals surface area (Å²) in [5, 5.41) is 9.48. The number of carboxylic acid groups (broad SMARTS) is 1. The van der Waals surface area contributed by atoms with Crippen LogP contribution in [0, 0.1) is 6.92 Å². The number of nitrogens with two attached hydrogens (primary N) is 1. The van der Waals surface area contributed by atoms with Gasteiger partial charge in [-0.1, -0.05) is 54.6 Å². The Hall–Kier alpha value is -3.96. The van der Waals surface area contributed by atoms with Gasteiger partial charge in [0.05, 0.1) is 11.6 Å². The van der Waals surface area contributed by atoms with Gasteiger partial charge in [0.15, 0.2) is 0 Å². The Bertz CT molecular complexity index is 1300. The summed E-state index contributed by atoms with van der Waals surface area (Å²) in [5.74, 6) is -0.394. The molecule has 0 fully saturated rings. The molecule has 0 amide bonds. The minimum Gasteiger partial charge on any atom is -0.481 e. The van der Waals surface area contributed by atoms with Gasteiger partial charge in [-0.05, 0) is 65.9 Å². The highest BCUT2D eigenvalue weighted by Crippen LogP contribution is 2.32. The van der Waals surface area contributed by atoms with Crippen molar-refractivity contribution >= 4 is 5.97 Å². The molecule has 0 aliphatic carbocycles. The van der Waals surface area contributed by atoms with E-state index < -0.39 is 11.9 Å². The average molecular weight is 439 g/mol. The largest absolute Gasteiger partial charge is 0.481 e. The normalized spacial score (nSPS) is 11.7. The first-order valence-electron chi connectivity index (χ1n) is 10.8. The molecule has 3 aromatic carbocycles. The van der Waals surface area contributed by atoms with Crippen LogP contribution in [0.3, 0.4) is 0 Å². The van der Waals surface area contributed by atoms with Crippen LogP contribution in [0.25, 0.3) is 22.4 Å². The maximum Gasteiger partial charge on any atom is 0.310 e. The van der Waals surface area contributed by atoms with Crippen molar-refractivity contribution in [2.45, 2.75) is 26.3 Å². The van der Waals surface area contributed by atoms with Crippen LogP contribution < -0.4 is 10.5 Å². The maximum absolute atomic E-state index is 11.6. The summed E-state index contributed by atoms with van der Waals surface area (Å²) in [7, 11) is 0. The Morgan fingerprint density at radius 1 is 0.970 bits per heavy atom. The maximum atomic E-state index is 11.6. The molecule has 0 saturated heterocycles. The second kappa shape index (κ2) is 9.67. The highest BCUT2D eigenvalue weighted by Gasteiger charge is 2.18. The molecule has 0 aliphatic rings. The Kier molecular flexibility index (Phi) is 6.52. The summed E-state index contributed by atoms with van der Waals surface area (Å²) in [6.45, 7) is 4.19. The number of nitrogens with zero attached hydrogens (tertiary/aromatic N) is 1. The summed E-state index contributed by atoms with van der Waals surface area (Å²) >= 11 is 0. The van der Waals surface area contributed by atoms with Crippen LogP contribution in [0.1, 0.15) is 29.5 Å². The second-order valence-corrected chi connectivity index (χ2v) is 8.05. The number of carbonyl (C=O) groups is 1. The highest BCUT2D eigenvalue weighted by molar-refractivity contribution is 5.80. The van der Waals surface area contributed by atoms with Crippen molar-refractivity contribution in [1.82, 2.24) is 4.98 Å². The smallest absolute Gasteiger partial charge is 0.310 e. The molecule has 1 atom stereocenters. The third kappa shape index (κ3) is 5.10. The molecule has 0 aliphatic heterocycles. The van der Waals surface area contributed by atoms with Crippen molar-refractivity contribution in [3.8, 4) is 34.0 Å². The summed E-state index contributed by atoms with van der Waals surface area (Å²) in [4.78, 5) is 16.2. The lowest BCUT2D eigenvalue weighted by Crippen LogP contribution is -2.08. The van der Waals surface area contributed by atoms with Crippen molar-refractivity contribution in [3.63, 3.8) is 0 Å². The number of aromatic nitrogens is 1. The topological polar surface area (TPSA) is 85.4 Å². The Balaban J connectivity index is 1.67. The number of carboxylic acids is 1. The molecule has 5 heteroatoms. The van der Waals surface area contributed by atoms with Gasteiger partial charge in [0, 0.05) is 18.2 Å². The van der Waals surface area contributed by atoms with Gasteiger partial charge in [0.1, 0.15) is 5.75 Å². The Morgan fingerprint density at radius 3 is 2.55 bits per heavy atom. The Morgan fingerprint density at radius 2 is 1.76 bits per heavy atom. The van der Waals surface area contributed by atoms with Crippen LogP contribution in [-0.2, 0) is 11.3 Å². The zero-order valence-corrected chi connectivity index (χ0v) is 18.7. The van der Waals surface area contributed by atoms with Crippen LogP contribution >= 0.6 is 0 Å². The molecule has 4 aromatic rings. The number of hydrogen-bond donors (Lipinski definition) is 2. The number of aryl methyl sites for hydroxylation is 1. The molecule has 0 bridgehead atoms. The van der Waals surface area contributed by atoms with Crippen molar-refractivity contribution in [1.29, 1.82) is 0 Å². The molecule has 1 unspecified atom stereocenters. The summed E-state index contributed by atoms with van der Waals surface area (Å²) in [6, 6.07) is 27.1. The van der Waals surface area contributed by atoms with Crippen molar-refractivity contribution in [2.24, 2.45) is 5.73 Å². The van der Waals surface area contributed by atoms with Crippen molar-refractivity contribution in [3.05, 3.63) is 102 Å². The number of pyridine rings is 1. The van der Waals surface area contributed by atoms with Gasteiger partial charge in [-0.3, -0.25) is 4.79 Å². The molecule has 0 spiro atoms. The third-order valence-electron chi connectivity index (χ3n) is 5.57. The van der Waals surface area contributed by atoms with Gasteiger partial charge in [0.2, 0.25) is 5.88 Å². The van der Waals surface area contributed by atoms with Crippen LogP contribution in [0.4, 0.5) is 0 Å². The number of aliphatic carboxylic acids is 1. The average Bonchev–Trinajstić information content (AvgIpc) is 2.83. The number of hydrogen-bond acceptors (Lipinski definition) is 4. The molecule has 33 heavy (non-hydrogen) atoms. The molecule has 1 aromatic heterocycles. The van der Waals surface area contributed by atoms with E-state index in [1.54, 1.807) is 13.0 Å². The van der Waals surface area contributed by atoms with Crippen LogP contribution in [0.2, 0.25) is 0 Å². The first-order valence-corrected chi connectivity index (χ1v) is 10.8. The molecular weight excluding hydrogens is 412 g/mol. The quantitative estimate of drug-likeness (QED) is 0.361. The van der Waals surface area contributed by atoms with E-state index in [2.05, 4.69) is 23.2 Å². The molecule has 1 heterocycles. The Labute approximate surface area is 193 Å². The van der Waals surface area contributed by atoms with Crippen LogP contribution in [0.5, 0.6) is 11.6 Å². The fourth-order valence-electron chi connectivity index (χ4n) is 3.83. The van der Waals surface area contributed by atoms with Gasteiger partial charge in [0.25, 0.3) is 0 Å². The van der Waals surface area contributed by atoms with Crippen LogP contribution in [-0.4, -0.2) is 16.1 Å². The number of benzene rings is 3. The lowest BCUT2D eigenvalue weighted by molar-refractivity contribution is -0.138. The van der Waals surface area contributed by atoms with E-state index in [0.29, 0.717) is 29.4 Å². The lowest BCUT2D eigenvalue weighted by atomic mass is 9.94. The van der Waals surface area contributed by atoms with Gasteiger partial charge in [-0.15, -0.1) is 0 Å². The molecule has 4 rings (SSSR count). The van der Waals surface area contributed by atoms with E-state index in [-0.39, 0.29) is 0 Å². The molecule has 166 valence electrons. The van der Waals surface area contributed by atoms with E-state index in [0.717, 1.165) is 27.8 Å². The van der Waals surface area contributed by atoms with Crippen molar-refractivity contribution in [2.75, 3.05) is 0 Å². The zero-order valence-electron chi connectivity index (χ0n) is 18.7. The highest BCUT2D eigenvalue weighted by atomic mass is 16.5. The molecule has 5 nitrogen and oxygen atoms in total. The van der Waals surface area contributed by atoms with Gasteiger partial charge in [-0.25, -0.2) is 4.98 Å². The van der Waals surface area contributed by atoms with E-state index in [4.69, 9.17) is 10.5 Å². The van der Waals surface area contributed by atoms with E-state index in [1.807, 2.05) is 67.6 Å². The molecule has 0 saturated carbocycles. The first-order chi connectivity index (χ1) is 15.9. The molecule has 3 N–H and O–H groups in total. The van der Waals surface area contributed by atoms with Gasteiger partial charge >= 0.3 is 5.97 Å². The summed E-state index contributed by atoms with van der Waals surface area (Å²) in [6.07, 6.45) is 0. The SMILES string of the molecule is Cc1cc(Oc2cccc(-c3ccccc3C(C)C(=O)O)n2)cc(-c2cccc(CN)c2)c1. The zero-order chi connectivity index (χ0) is 23.4. The van der Waals surface area contributed by atoms with E-state index in [1.165, 1.54) is 0 Å². The lowest BCUT2D eigenvalue weighted by Gasteiger charge is -2.14. The van der Waals surface area contributed by atoms with Crippen molar-refractivity contribution < 1.29 is 14.6 Å². The van der Waals surface area contributed by atoms with Gasteiger partial charge < -0.3 is 15.6 Å². The van der Waals surface area contributed by atoms with Gasteiger partial charge in [-0.2, -0.15) is 0 Å². The monoisotopic (exact) mass is 438 g/mol. The first kappa shape index (κ1) is 22.2. The molecular formula is C28H26N2O3. The predicted octanol–water partition coefficient (Wildman–Crippen LogP) is 6.16. The van der Waals surface area contributed by atoms with E-state index >= 15 is 0 Å². The minimum atomic E-state index is -0.874. The molecule has 0 radical (unpaired) electrons. The predicted molar refractivity (Wildman–Crippen MR) is 130 cm³/mol. The summed E-state index contributed by atoms with van der Waals surface area (Å²) < 4.78 is 6.14. The fourth-order valence-corrected chi connectivity index (χ4v) is 3.83. The fraction of sp³-hybridized carbons (Fsp3) is 0.143. The van der Waals surface area contributed by atoms with E-state index in [9.17, 15) is 9.90 Å². The minimum absolute atomic E-state index is 0.442. The summed E-state index contributed by atoms with van der Waals surface area (Å²) in [5.41, 5.74) is 12.2. The van der Waals surface area contributed by atoms with Crippen LogP contribution in [0.15, 0.2) is 84.9 Å². The number of rotatable bonds is 7.